The first-order valence-corrected chi connectivity index (χ1v) is 4.13. The number of nitrogens with zero attached hydrogens (tertiary/aromatic N) is 3. The van der Waals surface area contributed by atoms with Crippen LogP contribution in [0.1, 0.15) is 10.4 Å². The van der Waals surface area contributed by atoms with Crippen molar-refractivity contribution in [3.05, 3.63) is 18.0 Å². The molecule has 0 aliphatic carbocycles. The molecule has 0 fully saturated rings. The van der Waals surface area contributed by atoms with Crippen LogP contribution in [0.5, 0.6) is 0 Å². The number of hydrogen-bond acceptors (Lipinski definition) is 4. The zero-order valence-corrected chi connectivity index (χ0v) is 8.19. The van der Waals surface area contributed by atoms with Crippen LogP contribution in [-0.4, -0.2) is 40.8 Å². The molecule has 0 aliphatic heterocycles. The number of carboxylic acid groups (broad SMARTS) is 1. The van der Waals surface area contributed by atoms with Gasteiger partial charge in [-0.3, -0.25) is 0 Å². The zero-order valence-electron chi connectivity index (χ0n) is 8.19. The van der Waals surface area contributed by atoms with E-state index in [1.165, 1.54) is 7.05 Å². The van der Waals surface area contributed by atoms with E-state index in [0.29, 0.717) is 0 Å². The van der Waals surface area contributed by atoms with Crippen molar-refractivity contribution in [3.8, 4) is 0 Å². The number of aromatic carboxylic acids is 1. The zero-order chi connectivity index (χ0) is 12.3. The van der Waals surface area contributed by atoms with Crippen LogP contribution in [0.4, 0.5) is 19.1 Å². The minimum Gasteiger partial charge on any atom is -0.478 e. The quantitative estimate of drug-likeness (QED) is 0.851. The fourth-order valence-corrected chi connectivity index (χ4v) is 0.968. The first kappa shape index (κ1) is 12.2. The van der Waals surface area contributed by atoms with Crippen LogP contribution in [-0.2, 0) is 0 Å². The van der Waals surface area contributed by atoms with E-state index in [2.05, 4.69) is 9.97 Å². The number of carboxylic acids is 1. The van der Waals surface area contributed by atoms with Gasteiger partial charge >= 0.3 is 12.1 Å². The molecule has 1 aromatic rings. The maximum atomic E-state index is 12.0. The van der Waals surface area contributed by atoms with Gasteiger partial charge in [0.05, 0.1) is 5.56 Å². The largest absolute Gasteiger partial charge is 0.478 e. The average Bonchev–Trinajstić information content (AvgIpc) is 2.15. The Morgan fingerprint density at radius 2 is 1.94 bits per heavy atom. The van der Waals surface area contributed by atoms with Gasteiger partial charge in [0.2, 0.25) is 5.95 Å². The summed E-state index contributed by atoms with van der Waals surface area (Å²) in [5.41, 5.74) is -0.177. The van der Waals surface area contributed by atoms with Crippen LogP contribution in [0.2, 0.25) is 0 Å². The Morgan fingerprint density at radius 1 is 1.44 bits per heavy atom. The van der Waals surface area contributed by atoms with Gasteiger partial charge in [-0.05, 0) is 0 Å². The van der Waals surface area contributed by atoms with Gasteiger partial charge in [-0.2, -0.15) is 13.2 Å². The summed E-state index contributed by atoms with van der Waals surface area (Å²) in [6.45, 7) is -1.20. The highest BCUT2D eigenvalue weighted by Crippen LogP contribution is 2.17. The Kier molecular flexibility index (Phi) is 3.31. The number of rotatable bonds is 3. The Labute approximate surface area is 88.5 Å². The van der Waals surface area contributed by atoms with Gasteiger partial charge in [0.15, 0.2) is 0 Å². The predicted molar refractivity (Wildman–Crippen MR) is 48.3 cm³/mol. The van der Waals surface area contributed by atoms with E-state index in [-0.39, 0.29) is 11.5 Å². The Morgan fingerprint density at radius 3 is 2.31 bits per heavy atom. The summed E-state index contributed by atoms with van der Waals surface area (Å²) in [6.07, 6.45) is -2.45. The van der Waals surface area contributed by atoms with Crippen molar-refractivity contribution >= 4 is 11.9 Å². The SMILES string of the molecule is CN(CC(F)(F)F)c1ncc(C(=O)O)cn1. The third kappa shape index (κ3) is 3.37. The monoisotopic (exact) mass is 235 g/mol. The molecule has 0 saturated carbocycles. The average molecular weight is 235 g/mol. The molecule has 0 atom stereocenters. The van der Waals surface area contributed by atoms with E-state index in [0.717, 1.165) is 17.3 Å². The molecule has 0 bridgehead atoms. The van der Waals surface area contributed by atoms with Crippen molar-refractivity contribution in [1.82, 2.24) is 9.97 Å². The van der Waals surface area contributed by atoms with Crippen molar-refractivity contribution in [1.29, 1.82) is 0 Å². The highest BCUT2D eigenvalue weighted by molar-refractivity contribution is 5.86. The lowest BCUT2D eigenvalue weighted by molar-refractivity contribution is -0.119. The molecular formula is C8H8F3N3O2. The van der Waals surface area contributed by atoms with Gasteiger partial charge in [-0.1, -0.05) is 0 Å². The van der Waals surface area contributed by atoms with Crippen LogP contribution in [0.3, 0.4) is 0 Å². The number of anilines is 1. The van der Waals surface area contributed by atoms with Gasteiger partial charge < -0.3 is 10.0 Å². The maximum Gasteiger partial charge on any atom is 0.406 e. The van der Waals surface area contributed by atoms with E-state index >= 15 is 0 Å². The lowest BCUT2D eigenvalue weighted by Gasteiger charge is -2.18. The lowest BCUT2D eigenvalue weighted by Crippen LogP contribution is -2.32. The molecule has 8 heteroatoms. The summed E-state index contributed by atoms with van der Waals surface area (Å²) >= 11 is 0. The third-order valence-electron chi connectivity index (χ3n) is 1.64. The van der Waals surface area contributed by atoms with Crippen molar-refractivity contribution in [2.75, 3.05) is 18.5 Å². The number of carbonyl (C=O) groups is 1. The van der Waals surface area contributed by atoms with Crippen LogP contribution in [0.15, 0.2) is 12.4 Å². The van der Waals surface area contributed by atoms with Crippen LogP contribution in [0, 0.1) is 0 Å². The Balaban J connectivity index is 2.78. The van der Waals surface area contributed by atoms with E-state index in [4.69, 9.17) is 5.11 Å². The van der Waals surface area contributed by atoms with Gasteiger partial charge in [-0.15, -0.1) is 0 Å². The summed E-state index contributed by atoms with van der Waals surface area (Å²) in [4.78, 5) is 18.3. The summed E-state index contributed by atoms with van der Waals surface area (Å²) in [5.74, 6) is -1.41. The van der Waals surface area contributed by atoms with E-state index in [1.54, 1.807) is 0 Å². The first-order valence-electron chi connectivity index (χ1n) is 4.13. The second kappa shape index (κ2) is 4.33. The van der Waals surface area contributed by atoms with Gasteiger partial charge in [0, 0.05) is 19.4 Å². The third-order valence-corrected chi connectivity index (χ3v) is 1.64. The highest BCUT2D eigenvalue weighted by atomic mass is 19.4. The second-order valence-corrected chi connectivity index (χ2v) is 3.05. The molecule has 0 aromatic carbocycles. The number of halogens is 3. The Bertz CT molecular complexity index is 377. The summed E-state index contributed by atoms with van der Waals surface area (Å²) in [7, 11) is 1.17. The fraction of sp³-hybridized carbons (Fsp3) is 0.375. The molecule has 0 saturated heterocycles. The molecular weight excluding hydrogens is 227 g/mol. The molecule has 1 N–H and O–H groups in total. The topological polar surface area (TPSA) is 66.3 Å². The molecule has 1 rings (SSSR count). The second-order valence-electron chi connectivity index (χ2n) is 3.05. The minimum atomic E-state index is -4.36. The molecule has 1 heterocycles. The molecule has 0 aliphatic rings. The highest BCUT2D eigenvalue weighted by Gasteiger charge is 2.30. The molecule has 0 amide bonds. The van der Waals surface area contributed by atoms with E-state index in [9.17, 15) is 18.0 Å². The standard InChI is InChI=1S/C8H8F3N3O2/c1-14(4-8(9,10)11)7-12-2-5(3-13-7)6(15)16/h2-3H,4H2,1H3,(H,15,16). The molecule has 16 heavy (non-hydrogen) atoms. The van der Waals surface area contributed by atoms with Gasteiger partial charge in [-0.25, -0.2) is 14.8 Å². The van der Waals surface area contributed by atoms with Gasteiger partial charge in [0.1, 0.15) is 6.54 Å². The molecule has 0 radical (unpaired) electrons. The predicted octanol–water partition coefficient (Wildman–Crippen LogP) is 1.17. The van der Waals surface area contributed by atoms with Crippen molar-refractivity contribution in [2.45, 2.75) is 6.18 Å². The minimum absolute atomic E-state index is 0.177. The molecule has 0 unspecified atom stereocenters. The van der Waals surface area contributed by atoms with Gasteiger partial charge in [0.25, 0.3) is 0 Å². The summed E-state index contributed by atoms with van der Waals surface area (Å²) in [5, 5.41) is 8.53. The Hall–Kier alpha value is -1.86. The fourth-order valence-electron chi connectivity index (χ4n) is 0.968. The molecule has 88 valence electrons. The number of alkyl halides is 3. The molecule has 5 nitrogen and oxygen atoms in total. The van der Waals surface area contributed by atoms with E-state index < -0.39 is 18.7 Å². The number of hydrogen-bond donors (Lipinski definition) is 1. The van der Waals surface area contributed by atoms with Crippen LogP contribution >= 0.6 is 0 Å². The van der Waals surface area contributed by atoms with Crippen LogP contribution in [0.25, 0.3) is 0 Å². The lowest BCUT2D eigenvalue weighted by atomic mass is 10.3. The van der Waals surface area contributed by atoms with Crippen molar-refractivity contribution in [2.24, 2.45) is 0 Å². The number of aromatic nitrogens is 2. The molecule has 1 aromatic heterocycles. The first-order chi connectivity index (χ1) is 7.29. The van der Waals surface area contributed by atoms with E-state index in [1.807, 2.05) is 0 Å². The summed E-state index contributed by atoms with van der Waals surface area (Å²) in [6, 6.07) is 0. The van der Waals surface area contributed by atoms with Crippen molar-refractivity contribution in [3.63, 3.8) is 0 Å². The smallest absolute Gasteiger partial charge is 0.406 e. The van der Waals surface area contributed by atoms with Crippen molar-refractivity contribution < 1.29 is 23.1 Å². The van der Waals surface area contributed by atoms with Crippen LogP contribution < -0.4 is 4.90 Å². The summed E-state index contributed by atoms with van der Waals surface area (Å²) < 4.78 is 36.0. The maximum absolute atomic E-state index is 12.0. The molecule has 0 spiro atoms. The normalized spacial score (nSPS) is 11.2.